The van der Waals surface area contributed by atoms with Crippen molar-refractivity contribution in [1.82, 2.24) is 9.78 Å². The van der Waals surface area contributed by atoms with E-state index in [-0.39, 0.29) is 0 Å². The summed E-state index contributed by atoms with van der Waals surface area (Å²) < 4.78 is 1.74. The molecule has 14 heavy (non-hydrogen) atoms. The third-order valence-corrected chi connectivity index (χ3v) is 2.63. The number of aliphatic hydroxyl groups is 1. The van der Waals surface area contributed by atoms with Crippen LogP contribution in [0.1, 0.15) is 26.7 Å². The van der Waals surface area contributed by atoms with Crippen molar-refractivity contribution in [2.45, 2.75) is 32.3 Å². The van der Waals surface area contributed by atoms with Gasteiger partial charge < -0.3 is 10.4 Å². The van der Waals surface area contributed by atoms with E-state index in [4.69, 9.17) is 0 Å². The molecule has 0 unspecified atom stereocenters. The zero-order valence-corrected chi connectivity index (χ0v) is 9.12. The Kier molecular flexibility index (Phi) is 3.52. The number of rotatable bonds is 5. The molecule has 1 rings (SSSR count). The zero-order chi connectivity index (χ0) is 10.6. The summed E-state index contributed by atoms with van der Waals surface area (Å²) in [4.78, 5) is 0. The number of nitrogens with one attached hydrogen (secondary N) is 1. The van der Waals surface area contributed by atoms with Crippen LogP contribution in [0.2, 0.25) is 0 Å². The van der Waals surface area contributed by atoms with Crippen molar-refractivity contribution in [2.24, 2.45) is 7.05 Å². The molecule has 80 valence electrons. The molecule has 1 aromatic heterocycles. The van der Waals surface area contributed by atoms with Crippen molar-refractivity contribution in [3.05, 3.63) is 12.3 Å². The predicted octanol–water partition coefficient (Wildman–Crippen LogP) is 1.38. The second-order valence-electron chi connectivity index (χ2n) is 3.66. The van der Waals surface area contributed by atoms with Crippen LogP contribution in [0.25, 0.3) is 0 Å². The first-order valence-corrected chi connectivity index (χ1v) is 5.05. The highest BCUT2D eigenvalue weighted by Gasteiger charge is 2.21. The van der Waals surface area contributed by atoms with Gasteiger partial charge in [-0.05, 0) is 12.8 Å². The van der Waals surface area contributed by atoms with E-state index in [1.165, 1.54) is 0 Å². The highest BCUT2D eigenvalue weighted by atomic mass is 16.3. The summed E-state index contributed by atoms with van der Waals surface area (Å²) >= 11 is 0. The molecule has 2 N–H and O–H groups in total. The first kappa shape index (κ1) is 11.0. The van der Waals surface area contributed by atoms with Crippen LogP contribution in [-0.2, 0) is 7.05 Å². The van der Waals surface area contributed by atoms with E-state index in [1.54, 1.807) is 4.68 Å². The molecule has 0 aliphatic rings. The fourth-order valence-corrected chi connectivity index (χ4v) is 1.26. The third-order valence-electron chi connectivity index (χ3n) is 2.63. The summed E-state index contributed by atoms with van der Waals surface area (Å²) in [6, 6.07) is 1.89. The van der Waals surface area contributed by atoms with Gasteiger partial charge in [-0.25, -0.2) is 0 Å². The maximum atomic E-state index is 10.00. The van der Waals surface area contributed by atoms with Gasteiger partial charge in [0.2, 0.25) is 0 Å². The average Bonchev–Trinajstić information content (AvgIpc) is 2.61. The Morgan fingerprint density at radius 2 is 2.14 bits per heavy atom. The lowest BCUT2D eigenvalue weighted by Crippen LogP contribution is -2.35. The Morgan fingerprint density at radius 3 is 2.57 bits per heavy atom. The number of nitrogens with zero attached hydrogens (tertiary/aromatic N) is 2. The van der Waals surface area contributed by atoms with Crippen LogP contribution in [0, 0.1) is 0 Å². The fraction of sp³-hybridized carbons (Fsp3) is 0.700. The highest BCUT2D eigenvalue weighted by Crippen LogP contribution is 2.15. The number of aromatic nitrogens is 2. The van der Waals surface area contributed by atoms with E-state index in [9.17, 15) is 5.11 Å². The van der Waals surface area contributed by atoms with Crippen molar-refractivity contribution < 1.29 is 5.11 Å². The molecule has 1 heterocycles. The molecule has 0 bridgehead atoms. The number of hydrogen-bond donors (Lipinski definition) is 2. The van der Waals surface area contributed by atoms with Crippen molar-refractivity contribution in [3.63, 3.8) is 0 Å². The monoisotopic (exact) mass is 197 g/mol. The molecule has 0 aliphatic heterocycles. The van der Waals surface area contributed by atoms with Gasteiger partial charge >= 0.3 is 0 Å². The van der Waals surface area contributed by atoms with E-state index in [0.717, 1.165) is 18.7 Å². The number of aryl methyl sites for hydroxylation is 1. The second-order valence-corrected chi connectivity index (χ2v) is 3.66. The van der Waals surface area contributed by atoms with E-state index >= 15 is 0 Å². The molecule has 4 nitrogen and oxygen atoms in total. The second kappa shape index (κ2) is 4.46. The van der Waals surface area contributed by atoms with Gasteiger partial charge in [0.25, 0.3) is 0 Å². The van der Waals surface area contributed by atoms with Gasteiger partial charge in [0.1, 0.15) is 5.82 Å². The van der Waals surface area contributed by atoms with Gasteiger partial charge in [-0.3, -0.25) is 4.68 Å². The predicted molar refractivity (Wildman–Crippen MR) is 57.2 cm³/mol. The first-order valence-electron chi connectivity index (χ1n) is 5.05. The molecule has 0 atom stereocenters. The Morgan fingerprint density at radius 1 is 1.50 bits per heavy atom. The molecule has 0 saturated heterocycles. The van der Waals surface area contributed by atoms with Gasteiger partial charge in [-0.15, -0.1) is 0 Å². The van der Waals surface area contributed by atoms with Crippen LogP contribution in [0.3, 0.4) is 0 Å². The molecule has 1 aromatic rings. The van der Waals surface area contributed by atoms with Crippen LogP contribution in [-0.4, -0.2) is 27.0 Å². The smallest absolute Gasteiger partial charge is 0.148 e. The third kappa shape index (κ3) is 2.73. The summed E-state index contributed by atoms with van der Waals surface area (Å²) in [5.74, 6) is 0.813. The molecular weight excluding hydrogens is 178 g/mol. The molecule has 0 amide bonds. The van der Waals surface area contributed by atoms with Crippen LogP contribution < -0.4 is 5.32 Å². The number of anilines is 1. The van der Waals surface area contributed by atoms with Crippen LogP contribution in [0.5, 0.6) is 0 Å². The van der Waals surface area contributed by atoms with E-state index in [2.05, 4.69) is 10.4 Å². The average molecular weight is 197 g/mol. The lowest BCUT2D eigenvalue weighted by molar-refractivity contribution is 0.0456. The largest absolute Gasteiger partial charge is 0.388 e. The minimum atomic E-state index is -0.614. The summed E-state index contributed by atoms with van der Waals surface area (Å²) in [6.45, 7) is 4.53. The molecular formula is C10H19N3O. The topological polar surface area (TPSA) is 50.1 Å². The maximum absolute atomic E-state index is 10.00. The minimum absolute atomic E-state index is 0.553. The normalized spacial score (nSPS) is 11.7. The summed E-state index contributed by atoms with van der Waals surface area (Å²) in [5, 5.41) is 17.3. The fourth-order valence-electron chi connectivity index (χ4n) is 1.26. The maximum Gasteiger partial charge on any atom is 0.148 e. The van der Waals surface area contributed by atoms with Gasteiger partial charge in [0.05, 0.1) is 5.60 Å². The highest BCUT2D eigenvalue weighted by molar-refractivity contribution is 5.32. The summed E-state index contributed by atoms with van der Waals surface area (Å²) in [5.41, 5.74) is -0.614. The Hall–Kier alpha value is -1.03. The molecule has 0 spiro atoms. The van der Waals surface area contributed by atoms with E-state index in [0.29, 0.717) is 6.54 Å². The van der Waals surface area contributed by atoms with Gasteiger partial charge in [0.15, 0.2) is 0 Å². The van der Waals surface area contributed by atoms with Crippen molar-refractivity contribution in [3.8, 4) is 0 Å². The van der Waals surface area contributed by atoms with Crippen LogP contribution in [0.4, 0.5) is 5.82 Å². The van der Waals surface area contributed by atoms with E-state index < -0.39 is 5.60 Å². The molecule has 0 saturated carbocycles. The number of hydrogen-bond acceptors (Lipinski definition) is 3. The Bertz CT molecular complexity index is 279. The van der Waals surface area contributed by atoms with Gasteiger partial charge in [-0.1, -0.05) is 13.8 Å². The van der Waals surface area contributed by atoms with Crippen molar-refractivity contribution in [2.75, 3.05) is 11.9 Å². The quantitative estimate of drug-likeness (QED) is 0.750. The molecule has 0 radical (unpaired) electrons. The zero-order valence-electron chi connectivity index (χ0n) is 9.12. The summed E-state index contributed by atoms with van der Waals surface area (Å²) in [6.07, 6.45) is 3.38. The minimum Gasteiger partial charge on any atom is -0.388 e. The first-order chi connectivity index (χ1) is 6.59. The molecule has 0 aromatic carbocycles. The SMILES string of the molecule is CCC(O)(CC)CNc1ccn(C)n1. The van der Waals surface area contributed by atoms with Crippen molar-refractivity contribution >= 4 is 5.82 Å². The molecule has 4 heteroatoms. The van der Waals surface area contributed by atoms with Gasteiger partial charge in [-0.2, -0.15) is 5.10 Å². The van der Waals surface area contributed by atoms with Crippen LogP contribution in [0.15, 0.2) is 12.3 Å². The van der Waals surface area contributed by atoms with Gasteiger partial charge in [0, 0.05) is 25.9 Å². The Balaban J connectivity index is 2.47. The van der Waals surface area contributed by atoms with E-state index in [1.807, 2.05) is 33.2 Å². The lowest BCUT2D eigenvalue weighted by atomic mass is 9.98. The van der Waals surface area contributed by atoms with Crippen molar-refractivity contribution in [1.29, 1.82) is 0 Å². The summed E-state index contributed by atoms with van der Waals surface area (Å²) in [7, 11) is 1.87. The lowest BCUT2D eigenvalue weighted by Gasteiger charge is -2.25. The van der Waals surface area contributed by atoms with Crippen LogP contribution >= 0.6 is 0 Å². The standard InChI is InChI=1S/C10H19N3O/c1-4-10(14,5-2)8-11-9-6-7-13(3)12-9/h6-7,14H,4-5,8H2,1-3H3,(H,11,12). The molecule has 0 fully saturated rings. The molecule has 0 aliphatic carbocycles. The Labute approximate surface area is 84.9 Å².